The Bertz CT molecular complexity index is 1000. The fourth-order valence-electron chi connectivity index (χ4n) is 4.74. The number of amides is 2. The normalized spacial score (nSPS) is 25.9. The number of unbranched alkanes of at least 4 members (excludes halogenated alkanes) is 1. The molecule has 2 fully saturated rings. The van der Waals surface area contributed by atoms with Gasteiger partial charge in [-0.1, -0.05) is 31.5 Å². The minimum Gasteiger partial charge on any atom is -0.422 e. The van der Waals surface area contributed by atoms with Gasteiger partial charge in [0.15, 0.2) is 0 Å². The molecule has 4 atom stereocenters. The summed E-state index contributed by atoms with van der Waals surface area (Å²) in [6.07, 6.45) is 2.88. The maximum absolute atomic E-state index is 12.8. The molecule has 1 aliphatic heterocycles. The lowest BCUT2D eigenvalue weighted by Gasteiger charge is -2.35. The Labute approximate surface area is 175 Å². The predicted octanol–water partition coefficient (Wildman–Crippen LogP) is 2.31. The lowest BCUT2D eigenvalue weighted by Crippen LogP contribution is -2.50. The average molecular weight is 412 g/mol. The molecule has 1 aliphatic carbocycles. The molecule has 1 saturated carbocycles. The topological polar surface area (TPSA) is 99.9 Å². The molecule has 7 heteroatoms. The van der Waals surface area contributed by atoms with Crippen LogP contribution in [0, 0.1) is 11.8 Å². The van der Waals surface area contributed by atoms with Crippen LogP contribution >= 0.6 is 0 Å². The minimum absolute atomic E-state index is 0.0641. The van der Waals surface area contributed by atoms with Gasteiger partial charge in [-0.2, -0.15) is 0 Å². The van der Waals surface area contributed by atoms with Gasteiger partial charge in [0.1, 0.15) is 11.1 Å². The second-order valence-corrected chi connectivity index (χ2v) is 8.53. The van der Waals surface area contributed by atoms with E-state index in [1.165, 1.54) is 6.07 Å². The van der Waals surface area contributed by atoms with Crippen LogP contribution in [0.2, 0.25) is 0 Å². The molecule has 2 heterocycles. The first-order valence-electron chi connectivity index (χ1n) is 10.8. The number of carbonyl (C=O) groups is 2. The summed E-state index contributed by atoms with van der Waals surface area (Å²) in [5.41, 5.74) is -0.327. The molecule has 1 aromatic heterocycles. The number of hydrogen-bond donors (Lipinski definition) is 2. The van der Waals surface area contributed by atoms with Crippen molar-refractivity contribution in [1.29, 1.82) is 0 Å². The molecule has 0 unspecified atom stereocenters. The summed E-state index contributed by atoms with van der Waals surface area (Å²) < 4.78 is 5.25. The summed E-state index contributed by atoms with van der Waals surface area (Å²) in [6, 6.07) is 8.10. The van der Waals surface area contributed by atoms with Crippen molar-refractivity contribution in [3.8, 4) is 0 Å². The average Bonchev–Trinajstić information content (AvgIpc) is 3.14. The van der Waals surface area contributed by atoms with Gasteiger partial charge in [0.2, 0.25) is 5.91 Å². The second-order valence-electron chi connectivity index (χ2n) is 8.53. The molecule has 0 spiro atoms. The molecular formula is C23H28N2O5. The van der Waals surface area contributed by atoms with Crippen molar-refractivity contribution in [3.63, 3.8) is 0 Å². The predicted molar refractivity (Wildman–Crippen MR) is 112 cm³/mol. The molecule has 2 amide bonds. The maximum atomic E-state index is 12.8. The Morgan fingerprint density at radius 2 is 1.93 bits per heavy atom. The largest absolute Gasteiger partial charge is 0.422 e. The summed E-state index contributed by atoms with van der Waals surface area (Å²) in [4.78, 5) is 39.3. The van der Waals surface area contributed by atoms with Crippen molar-refractivity contribution < 1.29 is 19.1 Å². The van der Waals surface area contributed by atoms with Crippen LogP contribution in [0.1, 0.15) is 49.4 Å². The zero-order valence-electron chi connectivity index (χ0n) is 17.2. The number of aliphatic hydroxyl groups is 1. The van der Waals surface area contributed by atoms with Crippen molar-refractivity contribution >= 4 is 22.8 Å². The number of rotatable bonds is 5. The second kappa shape index (κ2) is 8.60. The number of likely N-dealkylation sites (tertiary alicyclic amines) is 1. The molecule has 30 heavy (non-hydrogen) atoms. The van der Waals surface area contributed by atoms with Crippen LogP contribution in [0.5, 0.6) is 0 Å². The Morgan fingerprint density at radius 1 is 1.20 bits per heavy atom. The highest BCUT2D eigenvalue weighted by Gasteiger charge is 2.43. The van der Waals surface area contributed by atoms with Crippen molar-refractivity contribution in [2.24, 2.45) is 11.8 Å². The Morgan fingerprint density at radius 3 is 2.70 bits per heavy atom. The van der Waals surface area contributed by atoms with E-state index in [0.29, 0.717) is 43.3 Å². The van der Waals surface area contributed by atoms with Crippen molar-refractivity contribution in [2.45, 2.75) is 51.2 Å². The number of aliphatic hydroxyl groups excluding tert-OH is 1. The van der Waals surface area contributed by atoms with Crippen molar-refractivity contribution in [2.75, 3.05) is 13.1 Å². The first-order valence-corrected chi connectivity index (χ1v) is 10.8. The van der Waals surface area contributed by atoms with E-state index in [1.54, 1.807) is 18.2 Å². The quantitative estimate of drug-likeness (QED) is 0.734. The molecule has 4 rings (SSSR count). The van der Waals surface area contributed by atoms with Crippen LogP contribution in [0.15, 0.2) is 39.5 Å². The highest BCUT2D eigenvalue weighted by Crippen LogP contribution is 2.37. The van der Waals surface area contributed by atoms with E-state index < -0.39 is 23.7 Å². The van der Waals surface area contributed by atoms with Crippen molar-refractivity contribution in [1.82, 2.24) is 10.2 Å². The van der Waals surface area contributed by atoms with Crippen LogP contribution in [-0.4, -0.2) is 47.1 Å². The zero-order chi connectivity index (χ0) is 21.3. The number of fused-ring (bicyclic) bond motifs is 2. The highest BCUT2D eigenvalue weighted by molar-refractivity contribution is 5.96. The summed E-state index contributed by atoms with van der Waals surface area (Å²) in [7, 11) is 0. The van der Waals surface area contributed by atoms with Gasteiger partial charge in [-0.3, -0.25) is 9.59 Å². The monoisotopic (exact) mass is 412 g/mol. The number of nitrogens with one attached hydrogen (secondary N) is 1. The van der Waals surface area contributed by atoms with Crippen LogP contribution in [0.25, 0.3) is 11.0 Å². The maximum Gasteiger partial charge on any atom is 0.349 e. The van der Waals surface area contributed by atoms with Crippen LogP contribution in [-0.2, 0) is 4.79 Å². The lowest BCUT2D eigenvalue weighted by atomic mass is 9.77. The van der Waals surface area contributed by atoms with E-state index >= 15 is 0 Å². The molecule has 7 nitrogen and oxygen atoms in total. The number of nitrogens with zero attached hydrogens (tertiary/aromatic N) is 1. The molecular weight excluding hydrogens is 384 g/mol. The van der Waals surface area contributed by atoms with Crippen LogP contribution in [0.3, 0.4) is 0 Å². The van der Waals surface area contributed by atoms with Gasteiger partial charge in [-0.15, -0.1) is 0 Å². The first kappa shape index (κ1) is 20.6. The summed E-state index contributed by atoms with van der Waals surface area (Å²) in [5.74, 6) is 0.141. The van der Waals surface area contributed by atoms with Gasteiger partial charge in [-0.05, 0) is 43.2 Å². The van der Waals surface area contributed by atoms with E-state index in [9.17, 15) is 19.5 Å². The molecule has 0 bridgehead atoms. The number of para-hydroxylation sites is 1. The Kier molecular flexibility index (Phi) is 5.90. The van der Waals surface area contributed by atoms with Gasteiger partial charge in [-0.25, -0.2) is 4.79 Å². The number of hydrogen-bond acceptors (Lipinski definition) is 5. The molecule has 1 saturated heterocycles. The van der Waals surface area contributed by atoms with Crippen LogP contribution in [0.4, 0.5) is 0 Å². The minimum atomic E-state index is -0.701. The third kappa shape index (κ3) is 4.12. The van der Waals surface area contributed by atoms with E-state index in [4.69, 9.17) is 4.42 Å². The van der Waals surface area contributed by atoms with Gasteiger partial charge >= 0.3 is 5.63 Å². The van der Waals surface area contributed by atoms with Gasteiger partial charge in [0.25, 0.3) is 5.91 Å². The SMILES string of the molecule is CCCCC(=O)N1C[C@H]2C[C@H](O)[C@@H](NC(=O)c3cc4ccccc4oc3=O)C[C@H]2C1. The fraction of sp³-hybridized carbons (Fsp3) is 0.522. The first-order chi connectivity index (χ1) is 14.5. The van der Waals surface area contributed by atoms with E-state index in [2.05, 4.69) is 12.2 Å². The molecule has 1 aromatic carbocycles. The molecule has 0 radical (unpaired) electrons. The van der Waals surface area contributed by atoms with Gasteiger partial charge in [0.05, 0.1) is 12.1 Å². The smallest absolute Gasteiger partial charge is 0.349 e. The molecule has 2 N–H and O–H groups in total. The summed E-state index contributed by atoms with van der Waals surface area (Å²) >= 11 is 0. The summed E-state index contributed by atoms with van der Waals surface area (Å²) in [5, 5.41) is 14.1. The Balaban J connectivity index is 1.43. The molecule has 2 aliphatic rings. The third-order valence-electron chi connectivity index (χ3n) is 6.44. The van der Waals surface area contributed by atoms with E-state index in [1.807, 2.05) is 11.0 Å². The lowest BCUT2D eigenvalue weighted by molar-refractivity contribution is -0.130. The van der Waals surface area contributed by atoms with Gasteiger partial charge < -0.3 is 19.7 Å². The van der Waals surface area contributed by atoms with Crippen molar-refractivity contribution in [3.05, 3.63) is 46.3 Å². The highest BCUT2D eigenvalue weighted by atomic mass is 16.4. The zero-order valence-corrected chi connectivity index (χ0v) is 17.2. The molecule has 2 aromatic rings. The Hall–Kier alpha value is -2.67. The van der Waals surface area contributed by atoms with Gasteiger partial charge in [0, 0.05) is 24.9 Å². The number of carbonyl (C=O) groups excluding carboxylic acids is 2. The molecule has 160 valence electrons. The fourth-order valence-corrected chi connectivity index (χ4v) is 4.74. The standard InChI is InChI=1S/C23H28N2O5/c1-2-3-8-21(27)25-12-15-10-18(19(26)11-16(15)13-25)24-22(28)17-9-14-6-4-5-7-20(14)30-23(17)29/h4-7,9,15-16,18-19,26H,2-3,8,10-13H2,1H3,(H,24,28)/t15-,16+,18-,19-/m0/s1. The number of benzene rings is 1. The van der Waals surface area contributed by atoms with Crippen LogP contribution < -0.4 is 10.9 Å². The van der Waals surface area contributed by atoms with E-state index in [0.717, 1.165) is 12.8 Å². The third-order valence-corrected chi connectivity index (χ3v) is 6.44. The van der Waals surface area contributed by atoms with E-state index in [-0.39, 0.29) is 23.3 Å². The summed E-state index contributed by atoms with van der Waals surface area (Å²) in [6.45, 7) is 3.42.